The number of fused-ring (bicyclic) bond motifs is 2. The first kappa shape index (κ1) is 60.3. The standard InChI is InChI=1S/C54H66N4O15S4/c1-53(31-13-16-37-74(62,63)64)44-39-42(76(68,69)70)25-27-46(44)56(34-15-7-12-24-50(59)55-33-36-58-51(60)29-30-52(58)61)48(53)22-10-6-11-23-49-54(2,32-14-17-38-75(65,66)67)45-40-43(77(71,72)73)26-28-47(45)57(49)35-18-21-41-19-8-4-3-5-9-20-41/h3-6,8-11,19-20,22-23,25-30,39-40H,7,12-18,21,24,31-38H2,1-2H3,(H4-,55,59,62,63,64,65,66,67,68,69,70,71,72,73)/p+1. The Morgan fingerprint density at radius 3 is 1.90 bits per heavy atom. The maximum atomic E-state index is 12.7. The quantitative estimate of drug-likeness (QED) is 0.0182. The van der Waals surface area contributed by atoms with E-state index in [2.05, 4.69) is 9.89 Å². The Balaban J connectivity index is 1.33. The molecule has 23 heteroatoms. The number of amides is 3. The molecule has 2 aromatic rings. The minimum Gasteiger partial charge on any atom is -0.354 e. The minimum absolute atomic E-state index is 0.0412. The van der Waals surface area contributed by atoms with Crippen molar-refractivity contribution in [3.8, 4) is 0 Å². The Hall–Kier alpha value is -5.92. The van der Waals surface area contributed by atoms with Gasteiger partial charge in [-0.3, -0.25) is 37.5 Å². The summed E-state index contributed by atoms with van der Waals surface area (Å²) in [4.78, 5) is 38.8. The lowest BCUT2D eigenvalue weighted by Gasteiger charge is -2.30. The van der Waals surface area contributed by atoms with Gasteiger partial charge in [-0.05, 0) is 106 Å². The topological polar surface area (TPSA) is 290 Å². The van der Waals surface area contributed by atoms with Gasteiger partial charge in [0.05, 0.1) is 26.7 Å². The molecule has 2 atom stereocenters. The second-order valence-electron chi connectivity index (χ2n) is 19.7. The third-order valence-corrected chi connectivity index (χ3v) is 17.5. The first-order chi connectivity index (χ1) is 36.2. The maximum absolute atomic E-state index is 12.7. The monoisotopic (exact) mass is 1140 g/mol. The van der Waals surface area contributed by atoms with Gasteiger partial charge in [0.25, 0.3) is 52.3 Å². The van der Waals surface area contributed by atoms with E-state index in [1.54, 1.807) is 30.4 Å². The lowest BCUT2D eigenvalue weighted by atomic mass is 9.75. The molecule has 0 saturated carbocycles. The average molecular weight is 1140 g/mol. The number of hydrogen-bond acceptors (Lipinski definition) is 12. The molecule has 1 aliphatic carbocycles. The van der Waals surface area contributed by atoms with E-state index in [1.165, 1.54) is 36.4 Å². The van der Waals surface area contributed by atoms with E-state index < -0.39 is 74.6 Å². The zero-order chi connectivity index (χ0) is 56.2. The summed E-state index contributed by atoms with van der Waals surface area (Å²) in [5, 5.41) is 2.74. The summed E-state index contributed by atoms with van der Waals surface area (Å²) in [5.41, 5.74) is 3.16. The van der Waals surface area contributed by atoms with E-state index in [0.29, 0.717) is 99.1 Å². The second kappa shape index (κ2) is 25.7. The predicted octanol–water partition coefficient (Wildman–Crippen LogP) is 7.42. The smallest absolute Gasteiger partial charge is 0.294 e. The van der Waals surface area contributed by atoms with E-state index in [1.807, 2.05) is 73.4 Å². The minimum atomic E-state index is -4.66. The van der Waals surface area contributed by atoms with Crippen molar-refractivity contribution in [2.24, 2.45) is 0 Å². The van der Waals surface area contributed by atoms with Gasteiger partial charge in [0, 0.05) is 79.1 Å². The van der Waals surface area contributed by atoms with Gasteiger partial charge in [0.15, 0.2) is 5.71 Å². The van der Waals surface area contributed by atoms with Crippen molar-refractivity contribution in [3.63, 3.8) is 0 Å². The van der Waals surface area contributed by atoms with Crippen molar-refractivity contribution in [2.75, 3.05) is 42.6 Å². The molecule has 19 nitrogen and oxygen atoms in total. The molecule has 0 bridgehead atoms. The van der Waals surface area contributed by atoms with Crippen molar-refractivity contribution in [1.29, 1.82) is 0 Å². The van der Waals surface area contributed by atoms with Gasteiger partial charge in [0.1, 0.15) is 6.54 Å². The number of benzene rings is 2. The number of rotatable bonds is 28. The Kier molecular flexibility index (Phi) is 20.1. The Morgan fingerprint density at radius 2 is 1.25 bits per heavy atom. The van der Waals surface area contributed by atoms with E-state index in [0.717, 1.165) is 16.2 Å². The highest BCUT2D eigenvalue weighted by molar-refractivity contribution is 7.86. The molecule has 3 aliphatic heterocycles. The van der Waals surface area contributed by atoms with Gasteiger partial charge >= 0.3 is 0 Å². The molecule has 416 valence electrons. The summed E-state index contributed by atoms with van der Waals surface area (Å²) < 4.78 is 138. The summed E-state index contributed by atoms with van der Waals surface area (Å²) in [5.74, 6) is -2.10. The van der Waals surface area contributed by atoms with Crippen LogP contribution in [0, 0.1) is 0 Å². The summed E-state index contributed by atoms with van der Waals surface area (Å²) in [6.45, 7) is 4.83. The van der Waals surface area contributed by atoms with Crippen molar-refractivity contribution in [3.05, 3.63) is 144 Å². The van der Waals surface area contributed by atoms with Crippen molar-refractivity contribution in [2.45, 2.75) is 112 Å². The number of carbonyl (C=O) groups excluding carboxylic acids is 3. The molecule has 0 aromatic heterocycles. The van der Waals surface area contributed by atoms with Crippen LogP contribution in [0.1, 0.15) is 102 Å². The molecule has 0 fully saturated rings. The van der Waals surface area contributed by atoms with E-state index in [4.69, 9.17) is 0 Å². The Bertz CT molecular complexity index is 3330. The zero-order valence-corrected chi connectivity index (χ0v) is 46.3. The first-order valence-electron chi connectivity index (χ1n) is 25.3. The van der Waals surface area contributed by atoms with Crippen LogP contribution in [0.4, 0.5) is 11.4 Å². The van der Waals surface area contributed by atoms with Gasteiger partial charge < -0.3 is 10.2 Å². The van der Waals surface area contributed by atoms with Crippen molar-refractivity contribution in [1.82, 2.24) is 10.2 Å². The number of nitrogens with one attached hydrogen (secondary N) is 1. The van der Waals surface area contributed by atoms with Crippen LogP contribution in [-0.2, 0) is 65.7 Å². The summed E-state index contributed by atoms with van der Waals surface area (Å²) in [7, 11) is -17.8. The number of nitrogens with zero attached hydrogens (tertiary/aromatic N) is 3. The van der Waals surface area contributed by atoms with Crippen LogP contribution in [0.25, 0.3) is 0 Å². The molecule has 77 heavy (non-hydrogen) atoms. The zero-order valence-electron chi connectivity index (χ0n) is 43.0. The summed E-state index contributed by atoms with van der Waals surface area (Å²) in [6, 6.07) is 8.72. The van der Waals surface area contributed by atoms with Crippen LogP contribution in [-0.4, -0.2) is 122 Å². The van der Waals surface area contributed by atoms with Gasteiger partial charge in [-0.25, -0.2) is 0 Å². The largest absolute Gasteiger partial charge is 0.354 e. The highest BCUT2D eigenvalue weighted by Crippen LogP contribution is 2.52. The molecule has 0 spiro atoms. The first-order valence-corrected chi connectivity index (χ1v) is 31.4. The molecule has 0 radical (unpaired) electrons. The lowest BCUT2D eigenvalue weighted by molar-refractivity contribution is -0.438. The molecule has 4 aliphatic rings. The Labute approximate surface area is 451 Å². The van der Waals surface area contributed by atoms with E-state index in [-0.39, 0.29) is 48.1 Å². The third-order valence-electron chi connectivity index (χ3n) is 14.2. The van der Waals surface area contributed by atoms with Crippen LogP contribution in [0.15, 0.2) is 143 Å². The highest BCUT2D eigenvalue weighted by Gasteiger charge is 2.48. The third kappa shape index (κ3) is 16.3. The normalized spacial score (nSPS) is 20.3. The van der Waals surface area contributed by atoms with Gasteiger partial charge in [-0.15, -0.1) is 0 Å². The van der Waals surface area contributed by atoms with Gasteiger partial charge in [0.2, 0.25) is 11.6 Å². The number of hydrogen-bond donors (Lipinski definition) is 5. The summed E-state index contributed by atoms with van der Waals surface area (Å²) >= 11 is 0. The van der Waals surface area contributed by atoms with Crippen molar-refractivity contribution >= 4 is 75.3 Å². The fourth-order valence-corrected chi connectivity index (χ4v) is 12.4. The lowest BCUT2D eigenvalue weighted by Crippen LogP contribution is -2.38. The average Bonchev–Trinajstić information content (AvgIpc) is 3.87. The van der Waals surface area contributed by atoms with Crippen LogP contribution < -0.4 is 10.2 Å². The van der Waals surface area contributed by atoms with Gasteiger partial charge in [-0.1, -0.05) is 80.0 Å². The van der Waals surface area contributed by atoms with Crippen LogP contribution >= 0.6 is 0 Å². The number of anilines is 1. The highest BCUT2D eigenvalue weighted by atomic mass is 32.2. The fourth-order valence-electron chi connectivity index (χ4n) is 10.3. The van der Waals surface area contributed by atoms with Crippen LogP contribution in [0.5, 0.6) is 0 Å². The van der Waals surface area contributed by atoms with Crippen LogP contribution in [0.3, 0.4) is 0 Å². The Morgan fingerprint density at radius 1 is 0.636 bits per heavy atom. The molecule has 2 aromatic carbocycles. The number of allylic oxidation sites excluding steroid dienone is 14. The maximum Gasteiger partial charge on any atom is 0.294 e. The number of carbonyl (C=O) groups is 3. The van der Waals surface area contributed by atoms with Crippen LogP contribution in [0.2, 0.25) is 0 Å². The molecule has 6 rings (SSSR count). The molecule has 3 heterocycles. The fraction of sp³-hybridized carbons (Fsp3) is 0.407. The van der Waals surface area contributed by atoms with Crippen molar-refractivity contribution < 1.29 is 70.8 Å². The molecular weight excluding hydrogens is 1070 g/mol. The van der Waals surface area contributed by atoms with Gasteiger partial charge in [-0.2, -0.15) is 38.2 Å². The summed E-state index contributed by atoms with van der Waals surface area (Å²) in [6.07, 6.45) is 29.9. The van der Waals surface area contributed by atoms with E-state index >= 15 is 0 Å². The SMILES string of the molecule is CC1(CCCCS(=O)(=O)O)C(=CC=CC=CC2=[N+](CCCC3=CC=CC=CC=C3)c3ccc(S(=O)(=O)O)cc3C2(C)CCCCS(=O)(=O)O)N(CCCCCC(=O)NCCN2C(=O)C=CC2=O)c2ccc(S(=O)(=O)O)cc21. The number of unbranched alkanes of at least 4 members (excludes halogenated alkanes) is 4. The molecule has 5 N–H and O–H groups in total. The molecule has 0 saturated heterocycles. The second-order valence-corrected chi connectivity index (χ2v) is 25.7. The molecule has 2 unspecified atom stereocenters. The van der Waals surface area contributed by atoms with E-state index in [9.17, 15) is 66.3 Å². The molecular formula is C54H67N4O15S4+. The number of imide groups is 1. The predicted molar refractivity (Wildman–Crippen MR) is 293 cm³/mol. The molecule has 3 amide bonds.